The van der Waals surface area contributed by atoms with Crippen molar-refractivity contribution in [2.45, 2.75) is 37.1 Å². The van der Waals surface area contributed by atoms with Gasteiger partial charge in [-0.2, -0.15) is 0 Å². The predicted octanol–water partition coefficient (Wildman–Crippen LogP) is 2.80. The molecule has 1 saturated heterocycles. The lowest BCUT2D eigenvalue weighted by atomic mass is 9.94. The highest BCUT2D eigenvalue weighted by Crippen LogP contribution is 2.42. The van der Waals surface area contributed by atoms with E-state index < -0.39 is 12.0 Å². The van der Waals surface area contributed by atoms with Crippen molar-refractivity contribution in [3.63, 3.8) is 0 Å². The Bertz CT molecular complexity index is 572. The third-order valence-electron chi connectivity index (χ3n) is 4.85. The summed E-state index contributed by atoms with van der Waals surface area (Å²) < 4.78 is 0. The molecule has 2 fully saturated rings. The molecule has 3 atom stereocenters. The van der Waals surface area contributed by atoms with Gasteiger partial charge in [0.25, 0.3) is 0 Å². The number of aryl methyl sites for hydroxylation is 1. The number of thioether (sulfide) groups is 1. The Labute approximate surface area is 134 Å². The van der Waals surface area contributed by atoms with Crippen molar-refractivity contribution in [2.75, 3.05) is 12.3 Å². The number of aliphatic carboxylic acids is 1. The number of rotatable bonds is 4. The van der Waals surface area contributed by atoms with E-state index in [4.69, 9.17) is 0 Å². The maximum atomic E-state index is 12.5. The van der Waals surface area contributed by atoms with Crippen LogP contribution in [0.15, 0.2) is 29.2 Å². The van der Waals surface area contributed by atoms with Crippen LogP contribution < -0.4 is 0 Å². The van der Waals surface area contributed by atoms with Gasteiger partial charge in [0, 0.05) is 11.4 Å². The van der Waals surface area contributed by atoms with Crippen molar-refractivity contribution in [1.29, 1.82) is 0 Å². The standard InChI is InChI=1S/C17H21NO3S/c1-11-5-7-13(8-6-11)22-10-15(19)18-9-12-3-2-4-14(12)16(18)17(20)21/h5-8,12,14,16H,2-4,9-10H2,1H3,(H,20,21). The number of likely N-dealkylation sites (tertiary alicyclic amines) is 1. The number of hydrogen-bond acceptors (Lipinski definition) is 3. The summed E-state index contributed by atoms with van der Waals surface area (Å²) in [7, 11) is 0. The van der Waals surface area contributed by atoms with Gasteiger partial charge in [-0.15, -0.1) is 11.8 Å². The minimum Gasteiger partial charge on any atom is -0.480 e. The third-order valence-corrected chi connectivity index (χ3v) is 5.84. The van der Waals surface area contributed by atoms with Crippen molar-refractivity contribution in [2.24, 2.45) is 11.8 Å². The molecule has 3 rings (SSSR count). The molecule has 1 aliphatic heterocycles. The van der Waals surface area contributed by atoms with Gasteiger partial charge in [-0.25, -0.2) is 4.79 Å². The first-order chi connectivity index (χ1) is 10.6. The molecule has 0 spiro atoms. The average Bonchev–Trinajstić information content (AvgIpc) is 3.06. The molecule has 1 saturated carbocycles. The fraction of sp³-hybridized carbons (Fsp3) is 0.529. The van der Waals surface area contributed by atoms with Crippen LogP contribution in [0, 0.1) is 18.8 Å². The molecule has 2 aliphatic rings. The molecule has 0 radical (unpaired) electrons. The van der Waals surface area contributed by atoms with Gasteiger partial charge in [0.2, 0.25) is 5.91 Å². The second kappa shape index (κ2) is 6.32. The number of benzene rings is 1. The van der Waals surface area contributed by atoms with Gasteiger partial charge in [-0.05, 0) is 43.7 Å². The molecule has 0 aromatic heterocycles. The monoisotopic (exact) mass is 319 g/mol. The number of carbonyl (C=O) groups is 2. The molecule has 1 heterocycles. The van der Waals surface area contributed by atoms with Crippen LogP contribution in [0.1, 0.15) is 24.8 Å². The topological polar surface area (TPSA) is 57.6 Å². The van der Waals surface area contributed by atoms with Gasteiger partial charge in [0.1, 0.15) is 6.04 Å². The van der Waals surface area contributed by atoms with Crippen LogP contribution in [0.5, 0.6) is 0 Å². The number of carboxylic acid groups (broad SMARTS) is 1. The molecule has 5 heteroatoms. The minimum atomic E-state index is -0.844. The van der Waals surface area contributed by atoms with E-state index in [-0.39, 0.29) is 11.8 Å². The summed E-state index contributed by atoms with van der Waals surface area (Å²) in [6.07, 6.45) is 3.10. The molecule has 118 valence electrons. The number of fused-ring (bicyclic) bond motifs is 1. The van der Waals surface area contributed by atoms with Crippen molar-refractivity contribution in [1.82, 2.24) is 4.90 Å². The van der Waals surface area contributed by atoms with E-state index in [1.807, 2.05) is 31.2 Å². The summed E-state index contributed by atoms with van der Waals surface area (Å²) in [4.78, 5) is 26.7. The highest BCUT2D eigenvalue weighted by Gasteiger charge is 2.49. The van der Waals surface area contributed by atoms with Crippen LogP contribution in [-0.4, -0.2) is 40.2 Å². The van der Waals surface area contributed by atoms with E-state index in [0.29, 0.717) is 18.2 Å². The van der Waals surface area contributed by atoms with E-state index in [1.54, 1.807) is 4.90 Å². The summed E-state index contributed by atoms with van der Waals surface area (Å²) in [5.41, 5.74) is 1.19. The van der Waals surface area contributed by atoms with Gasteiger partial charge in [-0.3, -0.25) is 4.79 Å². The zero-order valence-electron chi connectivity index (χ0n) is 12.7. The number of carboxylic acids is 1. The van der Waals surface area contributed by atoms with Crippen molar-refractivity contribution >= 4 is 23.6 Å². The van der Waals surface area contributed by atoms with Gasteiger partial charge in [0.15, 0.2) is 0 Å². The van der Waals surface area contributed by atoms with E-state index >= 15 is 0 Å². The van der Waals surface area contributed by atoms with Gasteiger partial charge in [-0.1, -0.05) is 24.1 Å². The Balaban J connectivity index is 1.64. The molecule has 22 heavy (non-hydrogen) atoms. The van der Waals surface area contributed by atoms with Crippen LogP contribution in [0.2, 0.25) is 0 Å². The Kier molecular flexibility index (Phi) is 4.43. The van der Waals surface area contributed by atoms with Crippen LogP contribution in [0.25, 0.3) is 0 Å². The number of amides is 1. The summed E-state index contributed by atoms with van der Waals surface area (Å²) in [6.45, 7) is 2.65. The van der Waals surface area contributed by atoms with E-state index in [2.05, 4.69) is 0 Å². The first-order valence-corrected chi connectivity index (χ1v) is 8.76. The molecular formula is C17H21NO3S. The van der Waals surface area contributed by atoms with Crippen molar-refractivity contribution in [3.8, 4) is 0 Å². The zero-order valence-corrected chi connectivity index (χ0v) is 13.5. The first kappa shape index (κ1) is 15.4. The second-order valence-electron chi connectivity index (χ2n) is 6.29. The largest absolute Gasteiger partial charge is 0.480 e. The third kappa shape index (κ3) is 3.00. The summed E-state index contributed by atoms with van der Waals surface area (Å²) in [6, 6.07) is 7.43. The summed E-state index contributed by atoms with van der Waals surface area (Å²) in [5, 5.41) is 9.49. The van der Waals surface area contributed by atoms with Gasteiger partial charge < -0.3 is 10.0 Å². The Morgan fingerprint density at radius 1 is 1.27 bits per heavy atom. The lowest BCUT2D eigenvalue weighted by Gasteiger charge is -2.24. The average molecular weight is 319 g/mol. The number of hydrogen-bond donors (Lipinski definition) is 1. The molecule has 1 aromatic carbocycles. The summed E-state index contributed by atoms with van der Waals surface area (Å²) in [5.74, 6) is -0.0394. The highest BCUT2D eigenvalue weighted by molar-refractivity contribution is 8.00. The summed E-state index contributed by atoms with van der Waals surface area (Å²) >= 11 is 1.48. The maximum Gasteiger partial charge on any atom is 0.326 e. The maximum absolute atomic E-state index is 12.5. The zero-order chi connectivity index (χ0) is 15.7. The molecule has 1 aliphatic carbocycles. The van der Waals surface area contributed by atoms with Gasteiger partial charge >= 0.3 is 5.97 Å². The first-order valence-electron chi connectivity index (χ1n) is 7.78. The minimum absolute atomic E-state index is 0.0487. The van der Waals surface area contributed by atoms with Crippen LogP contribution >= 0.6 is 11.8 Å². The van der Waals surface area contributed by atoms with Gasteiger partial charge in [0.05, 0.1) is 5.75 Å². The fourth-order valence-electron chi connectivity index (χ4n) is 3.74. The fourth-order valence-corrected chi connectivity index (χ4v) is 4.53. The molecule has 4 nitrogen and oxygen atoms in total. The Hall–Kier alpha value is -1.49. The highest BCUT2D eigenvalue weighted by atomic mass is 32.2. The SMILES string of the molecule is Cc1ccc(SCC(=O)N2CC3CCCC3C2C(=O)O)cc1. The smallest absolute Gasteiger partial charge is 0.326 e. The quantitative estimate of drug-likeness (QED) is 0.867. The normalized spacial score (nSPS) is 27.0. The van der Waals surface area contributed by atoms with Crippen LogP contribution in [0.3, 0.4) is 0 Å². The Morgan fingerprint density at radius 3 is 2.68 bits per heavy atom. The lowest BCUT2D eigenvalue weighted by Crippen LogP contribution is -2.44. The van der Waals surface area contributed by atoms with Crippen LogP contribution in [0.4, 0.5) is 0 Å². The molecule has 1 amide bonds. The molecular weight excluding hydrogens is 298 g/mol. The van der Waals surface area contributed by atoms with Crippen molar-refractivity contribution < 1.29 is 14.7 Å². The molecule has 3 unspecified atom stereocenters. The lowest BCUT2D eigenvalue weighted by molar-refractivity contribution is -0.148. The van der Waals surface area contributed by atoms with Crippen LogP contribution in [-0.2, 0) is 9.59 Å². The van der Waals surface area contributed by atoms with E-state index in [1.165, 1.54) is 17.3 Å². The predicted molar refractivity (Wildman–Crippen MR) is 85.9 cm³/mol. The Morgan fingerprint density at radius 2 is 2.00 bits per heavy atom. The van der Waals surface area contributed by atoms with E-state index in [9.17, 15) is 14.7 Å². The number of carbonyl (C=O) groups excluding carboxylic acids is 1. The van der Waals surface area contributed by atoms with E-state index in [0.717, 1.165) is 24.2 Å². The molecule has 1 N–H and O–H groups in total. The number of nitrogens with zero attached hydrogens (tertiary/aromatic N) is 1. The second-order valence-corrected chi connectivity index (χ2v) is 7.33. The van der Waals surface area contributed by atoms with Crippen molar-refractivity contribution in [3.05, 3.63) is 29.8 Å². The molecule has 1 aromatic rings. The molecule has 0 bridgehead atoms.